The number of carbonyl (C=O) groups excluding carboxylic acids is 1. The fourth-order valence-corrected chi connectivity index (χ4v) is 2.87. The fourth-order valence-electron chi connectivity index (χ4n) is 2.87. The number of amides is 1. The van der Waals surface area contributed by atoms with Crippen LogP contribution in [-0.2, 0) is 11.3 Å². The smallest absolute Gasteiger partial charge is 0.228 e. The van der Waals surface area contributed by atoms with Crippen LogP contribution < -0.4 is 4.90 Å². The van der Waals surface area contributed by atoms with Gasteiger partial charge in [-0.3, -0.25) is 24.7 Å². The van der Waals surface area contributed by atoms with Crippen molar-refractivity contribution in [3.05, 3.63) is 35.9 Å². The summed E-state index contributed by atoms with van der Waals surface area (Å²) in [5, 5.41) is 0. The molecule has 0 saturated carbocycles. The van der Waals surface area contributed by atoms with Crippen molar-refractivity contribution in [3.8, 4) is 11.3 Å². The summed E-state index contributed by atoms with van der Waals surface area (Å²) in [6.45, 7) is 3.35. The van der Waals surface area contributed by atoms with E-state index in [-0.39, 0.29) is 5.91 Å². The lowest BCUT2D eigenvalue weighted by Crippen LogP contribution is -2.24. The minimum atomic E-state index is 0.113. The van der Waals surface area contributed by atoms with Gasteiger partial charge in [-0.25, -0.2) is 4.98 Å². The second-order valence-electron chi connectivity index (χ2n) is 5.53. The number of hydrogen-bond acceptors (Lipinski definition) is 5. The summed E-state index contributed by atoms with van der Waals surface area (Å²) in [5.74, 6) is 0.729. The molecule has 110 valence electrons. The largest absolute Gasteiger partial charge is 0.296 e. The number of aliphatic imine (C=N–C) groups is 1. The molecule has 0 N–H and O–H groups in total. The third-order valence-electron chi connectivity index (χ3n) is 4.09. The van der Waals surface area contributed by atoms with Crippen molar-refractivity contribution in [1.82, 2.24) is 15.0 Å². The van der Waals surface area contributed by atoms with Gasteiger partial charge in [0.05, 0.1) is 30.3 Å². The van der Waals surface area contributed by atoms with E-state index in [0.29, 0.717) is 25.3 Å². The Bertz CT molecular complexity index is 799. The highest BCUT2D eigenvalue weighted by Gasteiger charge is 2.23. The summed E-state index contributed by atoms with van der Waals surface area (Å²) in [6, 6.07) is 2.05. The lowest BCUT2D eigenvalue weighted by molar-refractivity contribution is -0.117. The number of aromatic nitrogens is 3. The zero-order chi connectivity index (χ0) is 15.1. The van der Waals surface area contributed by atoms with Crippen LogP contribution in [-0.4, -0.2) is 33.1 Å². The molecule has 6 nitrogen and oxygen atoms in total. The first-order chi connectivity index (χ1) is 10.7. The Hall–Kier alpha value is -2.63. The van der Waals surface area contributed by atoms with Gasteiger partial charge in [-0.15, -0.1) is 0 Å². The predicted molar refractivity (Wildman–Crippen MR) is 82.8 cm³/mol. The zero-order valence-electron chi connectivity index (χ0n) is 12.3. The van der Waals surface area contributed by atoms with Crippen molar-refractivity contribution < 1.29 is 4.79 Å². The molecule has 4 heterocycles. The van der Waals surface area contributed by atoms with Crippen molar-refractivity contribution in [1.29, 1.82) is 0 Å². The van der Waals surface area contributed by atoms with E-state index < -0.39 is 0 Å². The Morgan fingerprint density at radius 2 is 2.14 bits per heavy atom. The van der Waals surface area contributed by atoms with Gasteiger partial charge < -0.3 is 0 Å². The van der Waals surface area contributed by atoms with E-state index in [0.717, 1.165) is 34.6 Å². The summed E-state index contributed by atoms with van der Waals surface area (Å²) in [6.07, 6.45) is 6.60. The number of hydrogen-bond donors (Lipinski definition) is 0. The van der Waals surface area contributed by atoms with Gasteiger partial charge >= 0.3 is 0 Å². The van der Waals surface area contributed by atoms with E-state index >= 15 is 0 Å². The Labute approximate surface area is 128 Å². The van der Waals surface area contributed by atoms with E-state index in [2.05, 4.69) is 19.9 Å². The van der Waals surface area contributed by atoms with Crippen LogP contribution in [0.1, 0.15) is 31.0 Å². The maximum atomic E-state index is 11.8. The average Bonchev–Trinajstić information content (AvgIpc) is 3.14. The normalized spacial score (nSPS) is 16.9. The second-order valence-corrected chi connectivity index (χ2v) is 5.53. The van der Waals surface area contributed by atoms with E-state index in [4.69, 9.17) is 0 Å². The number of rotatable bonds is 2. The van der Waals surface area contributed by atoms with Gasteiger partial charge in [0.1, 0.15) is 0 Å². The predicted octanol–water partition coefficient (Wildman–Crippen LogP) is 1.99. The first-order valence-corrected chi connectivity index (χ1v) is 7.35. The van der Waals surface area contributed by atoms with Crippen molar-refractivity contribution >= 4 is 17.4 Å². The van der Waals surface area contributed by atoms with E-state index in [1.54, 1.807) is 23.5 Å². The van der Waals surface area contributed by atoms with Crippen LogP contribution >= 0.6 is 0 Å². The van der Waals surface area contributed by atoms with Crippen LogP contribution in [0.25, 0.3) is 11.3 Å². The zero-order valence-corrected chi connectivity index (χ0v) is 12.3. The highest BCUT2D eigenvalue weighted by atomic mass is 16.2. The molecule has 2 aromatic heterocycles. The molecule has 0 unspecified atom stereocenters. The van der Waals surface area contributed by atoms with E-state index in [1.165, 1.54) is 0 Å². The highest BCUT2D eigenvalue weighted by molar-refractivity contribution is 6.02. The third-order valence-corrected chi connectivity index (χ3v) is 4.09. The Balaban J connectivity index is 1.73. The van der Waals surface area contributed by atoms with Crippen molar-refractivity contribution in [2.24, 2.45) is 4.99 Å². The van der Waals surface area contributed by atoms with Crippen LogP contribution in [0.3, 0.4) is 0 Å². The molecule has 2 aliphatic heterocycles. The molecule has 0 radical (unpaired) electrons. The van der Waals surface area contributed by atoms with Crippen molar-refractivity contribution in [2.45, 2.75) is 26.3 Å². The minimum absolute atomic E-state index is 0.113. The second kappa shape index (κ2) is 4.98. The van der Waals surface area contributed by atoms with Gasteiger partial charge in [0.15, 0.2) is 5.82 Å². The summed E-state index contributed by atoms with van der Waals surface area (Å²) in [7, 11) is 0. The number of nitrogens with zero attached hydrogens (tertiary/aromatic N) is 5. The Kier molecular flexibility index (Phi) is 2.96. The van der Waals surface area contributed by atoms with Crippen molar-refractivity contribution in [2.75, 3.05) is 11.4 Å². The molecule has 0 atom stereocenters. The van der Waals surface area contributed by atoms with Crippen molar-refractivity contribution in [3.63, 3.8) is 0 Å². The average molecular weight is 293 g/mol. The molecular weight excluding hydrogens is 278 g/mol. The molecule has 1 fully saturated rings. The van der Waals surface area contributed by atoms with E-state index in [1.807, 2.05) is 13.0 Å². The number of pyridine rings is 1. The minimum Gasteiger partial charge on any atom is -0.296 e. The molecule has 6 heteroatoms. The van der Waals surface area contributed by atoms with Gasteiger partial charge in [0.2, 0.25) is 5.91 Å². The molecule has 0 spiro atoms. The van der Waals surface area contributed by atoms with Crippen LogP contribution in [0.5, 0.6) is 0 Å². The molecule has 0 aromatic carbocycles. The first-order valence-electron chi connectivity index (χ1n) is 7.35. The standard InChI is InChI=1S/C16H15N5O/c1-10-12-5-11(6-19-14(12)8-18-10)13-7-17-9-15(20-13)21-4-2-3-16(21)22/h5-7,9H,2-4,8H2,1H3. The monoisotopic (exact) mass is 293 g/mol. The molecule has 2 aliphatic rings. The quantitative estimate of drug-likeness (QED) is 0.849. The number of fused-ring (bicyclic) bond motifs is 1. The van der Waals surface area contributed by atoms with Gasteiger partial charge in [0, 0.05) is 36.0 Å². The highest BCUT2D eigenvalue weighted by Crippen LogP contribution is 2.25. The van der Waals surface area contributed by atoms with Gasteiger partial charge in [-0.05, 0) is 19.4 Å². The summed E-state index contributed by atoms with van der Waals surface area (Å²) in [5.41, 5.74) is 4.70. The van der Waals surface area contributed by atoms with Crippen LogP contribution in [0, 0.1) is 0 Å². The van der Waals surface area contributed by atoms with Gasteiger partial charge in [-0.1, -0.05) is 0 Å². The van der Waals surface area contributed by atoms with Gasteiger partial charge in [0.25, 0.3) is 0 Å². The number of anilines is 1. The van der Waals surface area contributed by atoms with Crippen LogP contribution in [0.15, 0.2) is 29.6 Å². The Morgan fingerprint density at radius 1 is 1.23 bits per heavy atom. The molecule has 1 amide bonds. The lowest BCUT2D eigenvalue weighted by Gasteiger charge is -2.14. The molecule has 2 aromatic rings. The molecule has 0 bridgehead atoms. The maximum Gasteiger partial charge on any atom is 0.228 e. The Morgan fingerprint density at radius 3 is 2.95 bits per heavy atom. The van der Waals surface area contributed by atoms with Crippen LogP contribution in [0.4, 0.5) is 5.82 Å². The maximum absolute atomic E-state index is 11.8. The van der Waals surface area contributed by atoms with E-state index in [9.17, 15) is 4.79 Å². The summed E-state index contributed by atoms with van der Waals surface area (Å²) in [4.78, 5) is 31.2. The van der Waals surface area contributed by atoms with Crippen LogP contribution in [0.2, 0.25) is 0 Å². The first kappa shape index (κ1) is 13.1. The lowest BCUT2D eigenvalue weighted by atomic mass is 10.1. The SMILES string of the molecule is CC1=NCc2ncc(-c3cncc(N4CCCC4=O)n3)cc21. The summed E-state index contributed by atoms with van der Waals surface area (Å²) >= 11 is 0. The third kappa shape index (κ3) is 2.07. The molecule has 0 aliphatic carbocycles. The molecule has 22 heavy (non-hydrogen) atoms. The fraction of sp³-hybridized carbons (Fsp3) is 0.312. The topological polar surface area (TPSA) is 71.3 Å². The van der Waals surface area contributed by atoms with Gasteiger partial charge in [-0.2, -0.15) is 0 Å². The summed E-state index contributed by atoms with van der Waals surface area (Å²) < 4.78 is 0. The molecule has 1 saturated heterocycles. The molecule has 4 rings (SSSR count). The number of carbonyl (C=O) groups is 1. The molecular formula is C16H15N5O.